The molecule has 0 rings (SSSR count). The summed E-state index contributed by atoms with van der Waals surface area (Å²) in [6.07, 6.45) is -0.157. The highest BCUT2D eigenvalue weighted by molar-refractivity contribution is 5.81. The molecule has 5 nitrogen and oxygen atoms in total. The lowest BCUT2D eigenvalue weighted by Crippen LogP contribution is -2.42. The molecule has 0 radical (unpaired) electrons. The Kier molecular flexibility index (Phi) is 4.77. The molecule has 0 heterocycles. The molecule has 0 aromatic heterocycles. The zero-order valence-electron chi connectivity index (χ0n) is 8.78. The van der Waals surface area contributed by atoms with E-state index >= 15 is 0 Å². The number of hydrogen-bond acceptors (Lipinski definition) is 3. The van der Waals surface area contributed by atoms with E-state index in [4.69, 9.17) is 9.84 Å². The summed E-state index contributed by atoms with van der Waals surface area (Å²) in [5.41, 5.74) is -0.730. The van der Waals surface area contributed by atoms with Gasteiger partial charge in [0.15, 0.2) is 6.04 Å². The maximum absolute atomic E-state index is 11.8. The van der Waals surface area contributed by atoms with Crippen molar-refractivity contribution in [3.05, 3.63) is 12.4 Å². The van der Waals surface area contributed by atoms with Gasteiger partial charge in [0.1, 0.15) is 5.60 Å². The summed E-state index contributed by atoms with van der Waals surface area (Å²) < 4.78 is 16.6. The Morgan fingerprint density at radius 1 is 1.47 bits per heavy atom. The van der Waals surface area contributed by atoms with E-state index in [0.717, 1.165) is 0 Å². The molecule has 1 atom stereocenters. The summed E-state index contributed by atoms with van der Waals surface area (Å²) in [6.45, 7) is 4.90. The lowest BCUT2D eigenvalue weighted by atomic mass is 10.2. The van der Waals surface area contributed by atoms with Crippen LogP contribution in [0.25, 0.3) is 0 Å². The topological polar surface area (TPSA) is 75.6 Å². The van der Waals surface area contributed by atoms with E-state index in [1.54, 1.807) is 20.8 Å². The van der Waals surface area contributed by atoms with E-state index in [1.807, 2.05) is 5.32 Å². The van der Waals surface area contributed by atoms with Crippen molar-refractivity contribution in [1.82, 2.24) is 5.32 Å². The van der Waals surface area contributed by atoms with Crippen LogP contribution >= 0.6 is 0 Å². The summed E-state index contributed by atoms with van der Waals surface area (Å²) in [5, 5.41) is 10.5. The van der Waals surface area contributed by atoms with Gasteiger partial charge in [-0.15, -0.1) is 0 Å². The number of amides is 1. The fourth-order valence-corrected chi connectivity index (χ4v) is 0.699. The van der Waals surface area contributed by atoms with Gasteiger partial charge in [-0.05, 0) is 26.8 Å². The molecule has 86 valence electrons. The van der Waals surface area contributed by atoms with Gasteiger partial charge < -0.3 is 15.2 Å². The van der Waals surface area contributed by atoms with E-state index in [1.165, 1.54) is 0 Å². The first-order chi connectivity index (χ1) is 6.76. The number of hydrogen-bond donors (Lipinski definition) is 2. The van der Waals surface area contributed by atoms with E-state index in [2.05, 4.69) is 0 Å². The predicted molar refractivity (Wildman–Crippen MR) is 51.0 cm³/mol. The molecule has 0 fully saturated rings. The normalized spacial score (nSPS) is 13.6. The molecule has 0 aliphatic rings. The number of carboxylic acid groups (broad SMARTS) is 1. The van der Waals surface area contributed by atoms with Crippen LogP contribution in [0.4, 0.5) is 9.18 Å². The third-order valence-electron chi connectivity index (χ3n) is 1.20. The van der Waals surface area contributed by atoms with Crippen LogP contribution in [0.2, 0.25) is 0 Å². The quantitative estimate of drug-likeness (QED) is 0.753. The van der Waals surface area contributed by atoms with Gasteiger partial charge in [0.05, 0.1) is 6.33 Å². The van der Waals surface area contributed by atoms with Crippen molar-refractivity contribution in [1.29, 1.82) is 0 Å². The van der Waals surface area contributed by atoms with Gasteiger partial charge in [-0.25, -0.2) is 14.0 Å². The largest absolute Gasteiger partial charge is 0.479 e. The molecule has 0 aromatic rings. The SMILES string of the molecule is CC(C)(C)OC(=O)NC(/C=C/F)C(=O)O. The van der Waals surface area contributed by atoms with Crippen LogP contribution in [-0.2, 0) is 9.53 Å². The summed E-state index contributed by atoms with van der Waals surface area (Å²) >= 11 is 0. The molecule has 0 bridgehead atoms. The molecule has 2 N–H and O–H groups in total. The van der Waals surface area contributed by atoms with Crippen molar-refractivity contribution in [2.45, 2.75) is 32.4 Å². The highest BCUT2D eigenvalue weighted by Gasteiger charge is 2.21. The number of rotatable bonds is 3. The number of ether oxygens (including phenoxy) is 1. The van der Waals surface area contributed by atoms with Crippen LogP contribution in [0.15, 0.2) is 12.4 Å². The van der Waals surface area contributed by atoms with Crippen LogP contribution in [0, 0.1) is 0 Å². The first-order valence-electron chi connectivity index (χ1n) is 4.25. The van der Waals surface area contributed by atoms with Crippen LogP contribution in [0.1, 0.15) is 20.8 Å². The lowest BCUT2D eigenvalue weighted by molar-refractivity contribution is -0.138. The number of carbonyl (C=O) groups excluding carboxylic acids is 1. The fraction of sp³-hybridized carbons (Fsp3) is 0.556. The van der Waals surface area contributed by atoms with Crippen molar-refractivity contribution in [2.75, 3.05) is 0 Å². The Morgan fingerprint density at radius 3 is 2.33 bits per heavy atom. The van der Waals surface area contributed by atoms with Crippen molar-refractivity contribution in [2.24, 2.45) is 0 Å². The molecular weight excluding hydrogens is 205 g/mol. The first kappa shape index (κ1) is 13.4. The molecule has 1 amide bonds. The standard InChI is InChI=1S/C9H14FNO4/c1-9(2,3)15-8(14)11-6(4-5-10)7(12)13/h4-6H,1-3H3,(H,11,14)(H,12,13)/b5-4+. The van der Waals surface area contributed by atoms with E-state index in [0.29, 0.717) is 6.08 Å². The third kappa shape index (κ3) is 6.48. The second-order valence-electron chi connectivity index (χ2n) is 3.78. The van der Waals surface area contributed by atoms with E-state index in [-0.39, 0.29) is 6.33 Å². The fourth-order valence-electron chi connectivity index (χ4n) is 0.699. The van der Waals surface area contributed by atoms with Gasteiger partial charge in [0.25, 0.3) is 0 Å². The Hall–Kier alpha value is -1.59. The van der Waals surface area contributed by atoms with Gasteiger partial charge in [0.2, 0.25) is 0 Å². The minimum atomic E-state index is -1.43. The monoisotopic (exact) mass is 219 g/mol. The highest BCUT2D eigenvalue weighted by atomic mass is 19.1. The molecule has 0 saturated heterocycles. The Balaban J connectivity index is 4.30. The van der Waals surface area contributed by atoms with Gasteiger partial charge in [-0.3, -0.25) is 0 Å². The van der Waals surface area contributed by atoms with Gasteiger partial charge >= 0.3 is 12.1 Å². The average Bonchev–Trinajstić information content (AvgIpc) is 1.99. The number of aliphatic carboxylic acids is 1. The van der Waals surface area contributed by atoms with Crippen LogP contribution in [-0.4, -0.2) is 28.8 Å². The number of halogens is 1. The van der Waals surface area contributed by atoms with Crippen molar-refractivity contribution in [3.63, 3.8) is 0 Å². The van der Waals surface area contributed by atoms with Crippen LogP contribution in [0.5, 0.6) is 0 Å². The molecule has 0 saturated carbocycles. The van der Waals surface area contributed by atoms with Gasteiger partial charge in [-0.1, -0.05) is 0 Å². The van der Waals surface area contributed by atoms with Crippen molar-refractivity contribution >= 4 is 12.1 Å². The van der Waals surface area contributed by atoms with Crippen molar-refractivity contribution < 1.29 is 23.8 Å². The first-order valence-corrected chi connectivity index (χ1v) is 4.25. The second-order valence-corrected chi connectivity index (χ2v) is 3.78. The highest BCUT2D eigenvalue weighted by Crippen LogP contribution is 2.06. The molecular formula is C9H14FNO4. The molecule has 0 aromatic carbocycles. The van der Waals surface area contributed by atoms with Crippen LogP contribution < -0.4 is 5.32 Å². The maximum Gasteiger partial charge on any atom is 0.408 e. The van der Waals surface area contributed by atoms with Gasteiger partial charge in [-0.2, -0.15) is 0 Å². The van der Waals surface area contributed by atoms with Crippen LogP contribution in [0.3, 0.4) is 0 Å². The molecule has 1 unspecified atom stereocenters. The smallest absolute Gasteiger partial charge is 0.408 e. The molecule has 0 spiro atoms. The summed E-state index contributed by atoms with van der Waals surface area (Å²) in [7, 11) is 0. The number of nitrogens with one attached hydrogen (secondary N) is 1. The summed E-state index contributed by atoms with van der Waals surface area (Å²) in [6, 6.07) is -1.43. The molecule has 0 aliphatic carbocycles. The Labute approximate surface area is 86.9 Å². The number of carboxylic acids is 1. The Bertz CT molecular complexity index is 270. The number of alkyl carbamates (subject to hydrolysis) is 1. The molecule has 15 heavy (non-hydrogen) atoms. The predicted octanol–water partition coefficient (Wildman–Crippen LogP) is 1.45. The average molecular weight is 219 g/mol. The van der Waals surface area contributed by atoms with E-state index < -0.39 is 23.7 Å². The summed E-state index contributed by atoms with van der Waals surface area (Å²) in [5.74, 6) is -1.37. The zero-order valence-corrected chi connectivity index (χ0v) is 8.78. The minimum absolute atomic E-state index is 0.0517. The summed E-state index contributed by atoms with van der Waals surface area (Å²) in [4.78, 5) is 21.6. The zero-order chi connectivity index (χ0) is 12.1. The maximum atomic E-state index is 11.8. The lowest BCUT2D eigenvalue weighted by Gasteiger charge is -2.20. The third-order valence-corrected chi connectivity index (χ3v) is 1.20. The number of carbonyl (C=O) groups is 2. The second kappa shape index (κ2) is 5.33. The van der Waals surface area contributed by atoms with Gasteiger partial charge in [0, 0.05) is 0 Å². The Morgan fingerprint density at radius 2 is 2.00 bits per heavy atom. The van der Waals surface area contributed by atoms with Crippen molar-refractivity contribution in [3.8, 4) is 0 Å². The molecule has 6 heteroatoms. The van der Waals surface area contributed by atoms with E-state index in [9.17, 15) is 14.0 Å². The molecule has 0 aliphatic heterocycles. The minimum Gasteiger partial charge on any atom is -0.479 e.